The third kappa shape index (κ3) is 5.13. The lowest BCUT2D eigenvalue weighted by Gasteiger charge is -2.27. The van der Waals surface area contributed by atoms with Gasteiger partial charge in [0.1, 0.15) is 11.8 Å². The number of pyridine rings is 2. The number of hydrazine groups is 2. The molecule has 0 radical (unpaired) electrons. The van der Waals surface area contributed by atoms with Crippen LogP contribution < -0.4 is 21.6 Å². The highest BCUT2D eigenvalue weighted by atomic mass is 35.5. The highest BCUT2D eigenvalue weighted by molar-refractivity contribution is 6.35. The summed E-state index contributed by atoms with van der Waals surface area (Å²) in [6.07, 6.45) is 5.58. The van der Waals surface area contributed by atoms with Gasteiger partial charge < -0.3 is 16.1 Å². The first-order chi connectivity index (χ1) is 19.5. The molecule has 0 spiro atoms. The quantitative estimate of drug-likeness (QED) is 0.175. The Morgan fingerprint density at radius 3 is 2.63 bits per heavy atom. The summed E-state index contributed by atoms with van der Waals surface area (Å²) in [6, 6.07) is 7.93. The van der Waals surface area contributed by atoms with Gasteiger partial charge in [0, 0.05) is 35.1 Å². The zero-order valence-electron chi connectivity index (χ0n) is 23.5. The number of hydrogen-bond donors (Lipinski definition) is 4. The minimum absolute atomic E-state index is 0.0451. The molecule has 1 aromatic carbocycles. The fourth-order valence-corrected chi connectivity index (χ4v) is 5.96. The van der Waals surface area contributed by atoms with E-state index in [0.717, 1.165) is 25.7 Å². The Morgan fingerprint density at radius 1 is 1.24 bits per heavy atom. The van der Waals surface area contributed by atoms with Gasteiger partial charge in [0.25, 0.3) is 0 Å². The molecule has 0 bridgehead atoms. The lowest BCUT2D eigenvalue weighted by Crippen LogP contribution is -2.47. The first-order valence-electron chi connectivity index (χ1n) is 13.9. The average Bonchev–Trinajstić information content (AvgIpc) is 3.83. The molecule has 3 aliphatic rings. The Kier molecular flexibility index (Phi) is 6.70. The number of fused-ring (bicyclic) bond motifs is 1. The van der Waals surface area contributed by atoms with E-state index in [1.165, 1.54) is 12.3 Å². The molecule has 41 heavy (non-hydrogen) atoms. The second-order valence-corrected chi connectivity index (χ2v) is 12.9. The van der Waals surface area contributed by atoms with E-state index >= 15 is 4.39 Å². The molecule has 0 amide bonds. The number of aromatic nitrogens is 2. The Hall–Kier alpha value is -3.68. The van der Waals surface area contributed by atoms with Crippen LogP contribution in [0.1, 0.15) is 69.3 Å². The minimum atomic E-state index is -0.748. The van der Waals surface area contributed by atoms with Crippen molar-refractivity contribution in [3.05, 3.63) is 69.9 Å². The molecule has 11 heteroatoms. The zero-order chi connectivity index (χ0) is 29.1. The predicted molar refractivity (Wildman–Crippen MR) is 156 cm³/mol. The highest BCUT2D eigenvalue weighted by Crippen LogP contribution is 2.58. The molecule has 1 aliphatic heterocycles. The van der Waals surface area contributed by atoms with Crippen molar-refractivity contribution in [2.24, 2.45) is 11.3 Å². The first kappa shape index (κ1) is 27.5. The van der Waals surface area contributed by atoms with Crippen molar-refractivity contribution < 1.29 is 8.78 Å². The highest BCUT2D eigenvalue weighted by Gasteiger charge is 2.60. The fraction of sp³-hybridized carbons (Fsp3) is 0.433. The van der Waals surface area contributed by atoms with Crippen LogP contribution in [0.5, 0.6) is 0 Å². The van der Waals surface area contributed by atoms with Crippen molar-refractivity contribution >= 4 is 33.9 Å². The smallest absolute Gasteiger partial charge is 0.228 e. The molecule has 3 aromatic rings. The van der Waals surface area contributed by atoms with E-state index in [2.05, 4.69) is 58.4 Å². The summed E-state index contributed by atoms with van der Waals surface area (Å²) >= 11 is 6.73. The van der Waals surface area contributed by atoms with Crippen LogP contribution in [-0.4, -0.2) is 27.1 Å². The van der Waals surface area contributed by atoms with Gasteiger partial charge in [0.15, 0.2) is 0 Å². The van der Waals surface area contributed by atoms with Crippen LogP contribution in [0.25, 0.3) is 10.9 Å². The van der Waals surface area contributed by atoms with Gasteiger partial charge in [-0.25, -0.2) is 4.98 Å². The Bertz CT molecular complexity index is 1600. The second kappa shape index (κ2) is 10.00. The molecule has 0 unspecified atom stereocenters. The second-order valence-electron chi connectivity index (χ2n) is 12.5. The number of benzene rings is 1. The monoisotopic (exact) mass is 578 g/mol. The topological polar surface area (TPSA) is 101 Å². The van der Waals surface area contributed by atoms with Gasteiger partial charge in [0.2, 0.25) is 11.9 Å². The minimum Gasteiger partial charge on any atom is -0.383 e. The van der Waals surface area contributed by atoms with E-state index < -0.39 is 17.9 Å². The molecule has 2 fully saturated rings. The normalized spacial score (nSPS) is 18.7. The predicted octanol–water partition coefficient (Wildman–Crippen LogP) is 6.62. The summed E-state index contributed by atoms with van der Waals surface area (Å²) in [7, 11) is 0. The molecule has 8 nitrogen and oxygen atoms in total. The van der Waals surface area contributed by atoms with Crippen molar-refractivity contribution in [1.29, 1.82) is 5.26 Å². The van der Waals surface area contributed by atoms with Gasteiger partial charge in [-0.2, -0.15) is 14.0 Å². The van der Waals surface area contributed by atoms with Crippen LogP contribution in [0.3, 0.4) is 0 Å². The summed E-state index contributed by atoms with van der Waals surface area (Å²) in [6.45, 7) is 8.61. The zero-order valence-corrected chi connectivity index (χ0v) is 24.3. The number of halogens is 3. The molecule has 2 aliphatic carbocycles. The van der Waals surface area contributed by atoms with Crippen LogP contribution in [0.2, 0.25) is 5.02 Å². The maximum absolute atomic E-state index is 16.2. The van der Waals surface area contributed by atoms with Crippen LogP contribution in [-0.2, 0) is 0 Å². The van der Waals surface area contributed by atoms with E-state index in [1.54, 1.807) is 24.1 Å². The van der Waals surface area contributed by atoms with Crippen LogP contribution in [0.15, 0.2) is 42.1 Å². The van der Waals surface area contributed by atoms with Gasteiger partial charge in [-0.3, -0.25) is 9.99 Å². The molecule has 2 saturated carbocycles. The van der Waals surface area contributed by atoms with Crippen LogP contribution in [0, 0.1) is 35.5 Å². The average molecular weight is 579 g/mol. The lowest BCUT2D eigenvalue weighted by molar-refractivity contribution is 0.108. The lowest BCUT2D eigenvalue weighted by atomic mass is 9.96. The Morgan fingerprint density at radius 2 is 2.00 bits per heavy atom. The summed E-state index contributed by atoms with van der Waals surface area (Å²) in [5.74, 6) is -0.533. The molecule has 214 valence electrons. The SMILES string of the molecule is Cc1nc(F)ccc1[C@H](Nc1cc(Cl)c2ncc(C#N)c(NCC(C)(C)C)c2c1)C1=C(F)N(C2(C3CC3)CC2)NN1. The third-order valence-corrected chi connectivity index (χ3v) is 8.40. The summed E-state index contributed by atoms with van der Waals surface area (Å²) in [5, 5.41) is 19.3. The number of anilines is 2. The molecular weight excluding hydrogens is 546 g/mol. The van der Waals surface area contributed by atoms with Crippen molar-refractivity contribution in [3.8, 4) is 6.07 Å². The Balaban J connectivity index is 1.43. The maximum atomic E-state index is 16.2. The molecule has 6 rings (SSSR count). The molecule has 1 atom stereocenters. The summed E-state index contributed by atoms with van der Waals surface area (Å²) < 4.78 is 30.2. The van der Waals surface area contributed by atoms with Crippen molar-refractivity contribution in [3.63, 3.8) is 0 Å². The Labute approximate surface area is 243 Å². The van der Waals surface area contributed by atoms with E-state index in [1.807, 2.05) is 6.07 Å². The van der Waals surface area contributed by atoms with Gasteiger partial charge in [-0.05, 0) is 62.1 Å². The third-order valence-electron chi connectivity index (χ3n) is 8.11. The summed E-state index contributed by atoms with van der Waals surface area (Å²) in [4.78, 5) is 8.45. The fourth-order valence-electron chi connectivity index (χ4n) is 5.69. The van der Waals surface area contributed by atoms with E-state index in [0.29, 0.717) is 56.6 Å². The molecule has 3 heterocycles. The number of rotatable bonds is 8. The standard InChI is InChI=1S/C30H33ClF2N8/c1-16-20(7-8-23(32)37-16)26(27-28(33)41(40-39-27)30(9-10-30)18-5-6-18)38-19-11-21-24(36-15-29(2,3)4)17(13-34)14-35-25(21)22(31)12-19/h7-8,11-12,14,18,26,38-40H,5-6,9-10,15H2,1-4H3,(H,35,36)/t26-/m0/s1. The van der Waals surface area contributed by atoms with E-state index in [-0.39, 0.29) is 16.7 Å². The van der Waals surface area contributed by atoms with Gasteiger partial charge in [0.05, 0.1) is 33.4 Å². The van der Waals surface area contributed by atoms with E-state index in [9.17, 15) is 9.65 Å². The van der Waals surface area contributed by atoms with Gasteiger partial charge in [-0.15, -0.1) is 5.53 Å². The van der Waals surface area contributed by atoms with Crippen LogP contribution >= 0.6 is 11.6 Å². The summed E-state index contributed by atoms with van der Waals surface area (Å²) in [5.41, 5.74) is 9.33. The largest absolute Gasteiger partial charge is 0.383 e. The van der Waals surface area contributed by atoms with Crippen LogP contribution in [0.4, 0.5) is 20.2 Å². The number of aryl methyl sites for hydroxylation is 1. The molecule has 4 N–H and O–H groups in total. The maximum Gasteiger partial charge on any atom is 0.228 e. The molecule has 0 saturated heterocycles. The van der Waals surface area contributed by atoms with E-state index in [4.69, 9.17) is 11.6 Å². The van der Waals surface area contributed by atoms with Crippen molar-refractivity contribution in [2.45, 2.75) is 65.0 Å². The number of nitriles is 1. The molecule has 2 aromatic heterocycles. The van der Waals surface area contributed by atoms with Gasteiger partial charge in [-0.1, -0.05) is 38.4 Å². The van der Waals surface area contributed by atoms with Gasteiger partial charge >= 0.3 is 0 Å². The number of nitrogens with one attached hydrogen (secondary N) is 4. The molecular formula is C30H33ClF2N8. The van der Waals surface area contributed by atoms with Crippen molar-refractivity contribution in [2.75, 3.05) is 17.2 Å². The first-order valence-corrected chi connectivity index (χ1v) is 14.3. The van der Waals surface area contributed by atoms with Crippen molar-refractivity contribution in [1.82, 2.24) is 25.9 Å². The number of hydrogen-bond acceptors (Lipinski definition) is 8. The number of nitrogens with zero attached hydrogens (tertiary/aromatic N) is 4.